The Bertz CT molecular complexity index is 790. The lowest BCUT2D eigenvalue weighted by atomic mass is 10.2. The molecule has 0 spiro atoms. The van der Waals surface area contributed by atoms with Crippen LogP contribution in [0, 0.1) is 12.7 Å². The highest BCUT2D eigenvalue weighted by Gasteiger charge is 2.21. The molecule has 118 valence electrons. The van der Waals surface area contributed by atoms with Crippen molar-refractivity contribution in [2.75, 3.05) is 18.9 Å². The van der Waals surface area contributed by atoms with Gasteiger partial charge in [-0.15, -0.1) is 0 Å². The van der Waals surface area contributed by atoms with E-state index in [0.717, 1.165) is 6.07 Å². The van der Waals surface area contributed by atoms with E-state index in [-0.39, 0.29) is 16.3 Å². The summed E-state index contributed by atoms with van der Waals surface area (Å²) in [7, 11) is -1.09. The third kappa shape index (κ3) is 3.30. The van der Waals surface area contributed by atoms with Gasteiger partial charge in [-0.2, -0.15) is 0 Å². The molecule has 0 bridgehead atoms. The molecule has 1 N–H and O–H groups in total. The van der Waals surface area contributed by atoms with E-state index in [9.17, 15) is 12.8 Å². The number of methoxy groups -OCH3 is 2. The number of benzene rings is 2. The molecule has 0 fully saturated rings. The van der Waals surface area contributed by atoms with Crippen LogP contribution in [0.2, 0.25) is 0 Å². The quantitative estimate of drug-likeness (QED) is 0.918. The summed E-state index contributed by atoms with van der Waals surface area (Å²) < 4.78 is 50.8. The predicted octanol–water partition coefficient (Wildman–Crippen LogP) is 2.95. The van der Waals surface area contributed by atoms with Crippen molar-refractivity contribution in [3.8, 4) is 11.5 Å². The summed E-state index contributed by atoms with van der Waals surface area (Å²) in [5, 5.41) is 0. The number of rotatable bonds is 5. The molecule has 2 aromatic rings. The number of anilines is 1. The van der Waals surface area contributed by atoms with Crippen LogP contribution in [0.15, 0.2) is 41.3 Å². The van der Waals surface area contributed by atoms with Gasteiger partial charge in [-0.05, 0) is 36.8 Å². The molecule has 0 unspecified atom stereocenters. The lowest BCUT2D eigenvalue weighted by Gasteiger charge is -2.14. The van der Waals surface area contributed by atoms with Gasteiger partial charge in [0.2, 0.25) is 0 Å². The second kappa shape index (κ2) is 6.23. The number of aryl methyl sites for hydroxylation is 1. The van der Waals surface area contributed by atoms with Crippen LogP contribution in [0.5, 0.6) is 11.5 Å². The molecule has 0 radical (unpaired) electrons. The Morgan fingerprint density at radius 2 is 1.77 bits per heavy atom. The molecule has 0 atom stereocenters. The molecule has 0 aromatic heterocycles. The normalized spacial score (nSPS) is 11.1. The standard InChI is InChI=1S/C15H16FNO4S/c1-10-4-5-11(16)8-13(10)17-22(18,19)15-7-6-12(20-2)9-14(15)21-3/h4-9,17H,1-3H3. The molecule has 7 heteroatoms. The Morgan fingerprint density at radius 3 is 2.41 bits per heavy atom. The van der Waals surface area contributed by atoms with Gasteiger partial charge in [0.25, 0.3) is 10.0 Å². The zero-order chi connectivity index (χ0) is 16.3. The zero-order valence-electron chi connectivity index (χ0n) is 12.4. The second-order valence-corrected chi connectivity index (χ2v) is 6.23. The van der Waals surface area contributed by atoms with Gasteiger partial charge in [0, 0.05) is 6.07 Å². The molecule has 0 aliphatic heterocycles. The van der Waals surface area contributed by atoms with E-state index >= 15 is 0 Å². The van der Waals surface area contributed by atoms with Crippen molar-refractivity contribution in [3.63, 3.8) is 0 Å². The maximum Gasteiger partial charge on any atom is 0.265 e. The highest BCUT2D eigenvalue weighted by molar-refractivity contribution is 7.92. The van der Waals surface area contributed by atoms with E-state index in [2.05, 4.69) is 4.72 Å². The smallest absolute Gasteiger partial charge is 0.265 e. The molecule has 0 saturated heterocycles. The van der Waals surface area contributed by atoms with Gasteiger partial charge in [0.05, 0.1) is 19.9 Å². The van der Waals surface area contributed by atoms with Gasteiger partial charge in [-0.1, -0.05) is 6.07 Å². The molecule has 0 saturated carbocycles. The molecule has 0 heterocycles. The van der Waals surface area contributed by atoms with Crippen LogP contribution in [0.25, 0.3) is 0 Å². The fraction of sp³-hybridized carbons (Fsp3) is 0.200. The van der Waals surface area contributed by atoms with Crippen molar-refractivity contribution < 1.29 is 22.3 Å². The van der Waals surface area contributed by atoms with E-state index in [1.807, 2.05) is 0 Å². The average Bonchev–Trinajstić information content (AvgIpc) is 2.50. The lowest BCUT2D eigenvalue weighted by Crippen LogP contribution is -2.15. The molecule has 0 aliphatic rings. The largest absolute Gasteiger partial charge is 0.497 e. The first-order valence-electron chi connectivity index (χ1n) is 6.38. The van der Waals surface area contributed by atoms with E-state index in [1.54, 1.807) is 6.92 Å². The predicted molar refractivity (Wildman–Crippen MR) is 81.5 cm³/mol. The maximum atomic E-state index is 13.3. The van der Waals surface area contributed by atoms with Crippen LogP contribution in [0.4, 0.5) is 10.1 Å². The number of hydrogen-bond donors (Lipinski definition) is 1. The monoisotopic (exact) mass is 325 g/mol. The van der Waals surface area contributed by atoms with Crippen molar-refractivity contribution >= 4 is 15.7 Å². The minimum atomic E-state index is -3.92. The van der Waals surface area contributed by atoms with Gasteiger partial charge in [0.15, 0.2) is 0 Å². The summed E-state index contributed by atoms with van der Waals surface area (Å²) in [5.41, 5.74) is 0.787. The first-order chi connectivity index (χ1) is 10.4. The van der Waals surface area contributed by atoms with E-state index in [4.69, 9.17) is 9.47 Å². The number of nitrogens with one attached hydrogen (secondary N) is 1. The van der Waals surface area contributed by atoms with Gasteiger partial charge in [-0.3, -0.25) is 4.72 Å². The Morgan fingerprint density at radius 1 is 1.05 bits per heavy atom. The molecule has 2 rings (SSSR count). The minimum Gasteiger partial charge on any atom is -0.497 e. The third-order valence-corrected chi connectivity index (χ3v) is 4.51. The first kappa shape index (κ1) is 16.1. The highest BCUT2D eigenvalue weighted by atomic mass is 32.2. The summed E-state index contributed by atoms with van der Waals surface area (Å²) in [5.74, 6) is 0.0867. The molecule has 0 aliphatic carbocycles. The first-order valence-corrected chi connectivity index (χ1v) is 7.86. The van der Waals surface area contributed by atoms with Gasteiger partial charge in [0.1, 0.15) is 22.2 Å². The third-order valence-electron chi connectivity index (χ3n) is 3.10. The Hall–Kier alpha value is -2.28. The summed E-state index contributed by atoms with van der Waals surface area (Å²) in [4.78, 5) is -0.0561. The maximum absolute atomic E-state index is 13.3. The van der Waals surface area contributed by atoms with E-state index < -0.39 is 15.8 Å². The fourth-order valence-electron chi connectivity index (χ4n) is 1.90. The SMILES string of the molecule is COc1ccc(S(=O)(=O)Nc2cc(F)ccc2C)c(OC)c1. The molecular formula is C15H16FNO4S. The molecule has 2 aromatic carbocycles. The molecule has 0 amide bonds. The Balaban J connectivity index is 2.44. The minimum absolute atomic E-state index is 0.0561. The lowest BCUT2D eigenvalue weighted by molar-refractivity contribution is 0.386. The topological polar surface area (TPSA) is 64.6 Å². The van der Waals surface area contributed by atoms with Gasteiger partial charge in [-0.25, -0.2) is 12.8 Å². The summed E-state index contributed by atoms with van der Waals surface area (Å²) >= 11 is 0. The van der Waals surface area contributed by atoms with Crippen molar-refractivity contribution in [2.45, 2.75) is 11.8 Å². The summed E-state index contributed by atoms with van der Waals surface area (Å²) in [6.07, 6.45) is 0. The summed E-state index contributed by atoms with van der Waals surface area (Å²) in [6, 6.07) is 8.24. The fourth-order valence-corrected chi connectivity index (χ4v) is 3.17. The van der Waals surface area contributed by atoms with Crippen LogP contribution < -0.4 is 14.2 Å². The van der Waals surface area contributed by atoms with Crippen LogP contribution >= 0.6 is 0 Å². The van der Waals surface area contributed by atoms with Crippen LogP contribution in [0.3, 0.4) is 0 Å². The van der Waals surface area contributed by atoms with Crippen molar-refractivity contribution in [2.24, 2.45) is 0 Å². The zero-order valence-corrected chi connectivity index (χ0v) is 13.2. The van der Waals surface area contributed by atoms with E-state index in [1.165, 1.54) is 44.6 Å². The molecular weight excluding hydrogens is 309 g/mol. The van der Waals surface area contributed by atoms with Crippen LogP contribution in [-0.2, 0) is 10.0 Å². The number of sulfonamides is 1. The van der Waals surface area contributed by atoms with Gasteiger partial charge < -0.3 is 9.47 Å². The highest BCUT2D eigenvalue weighted by Crippen LogP contribution is 2.30. The van der Waals surface area contributed by atoms with Gasteiger partial charge >= 0.3 is 0 Å². The average molecular weight is 325 g/mol. The molecule has 5 nitrogen and oxygen atoms in total. The Kier molecular flexibility index (Phi) is 4.56. The number of halogens is 1. The Labute approximate surface area is 128 Å². The van der Waals surface area contributed by atoms with Crippen LogP contribution in [0.1, 0.15) is 5.56 Å². The van der Waals surface area contributed by atoms with Crippen molar-refractivity contribution in [1.29, 1.82) is 0 Å². The number of ether oxygens (including phenoxy) is 2. The summed E-state index contributed by atoms with van der Waals surface area (Å²) in [6.45, 7) is 1.68. The van der Waals surface area contributed by atoms with E-state index in [0.29, 0.717) is 11.3 Å². The second-order valence-electron chi connectivity index (χ2n) is 4.58. The van der Waals surface area contributed by atoms with Crippen molar-refractivity contribution in [3.05, 3.63) is 47.8 Å². The number of hydrogen-bond acceptors (Lipinski definition) is 4. The van der Waals surface area contributed by atoms with Crippen molar-refractivity contribution in [1.82, 2.24) is 0 Å². The van der Waals surface area contributed by atoms with Crippen LogP contribution in [-0.4, -0.2) is 22.6 Å². The molecule has 22 heavy (non-hydrogen) atoms.